The van der Waals surface area contributed by atoms with E-state index >= 15 is 0 Å². The number of nitriles is 2. The third-order valence-corrected chi connectivity index (χ3v) is 12.4. The summed E-state index contributed by atoms with van der Waals surface area (Å²) in [7, 11) is 2.61. The van der Waals surface area contributed by atoms with Gasteiger partial charge in [0.2, 0.25) is 0 Å². The van der Waals surface area contributed by atoms with Gasteiger partial charge in [-0.05, 0) is 0 Å². The van der Waals surface area contributed by atoms with Crippen LogP contribution in [0.5, 0.6) is 0 Å². The molecule has 1 unspecified atom stereocenters. The van der Waals surface area contributed by atoms with Crippen LogP contribution >= 0.6 is 30.0 Å². The zero-order chi connectivity index (χ0) is 30.7. The third kappa shape index (κ3) is 4.76. The predicted molar refractivity (Wildman–Crippen MR) is 186 cm³/mol. The number of hydrogen-bond acceptors (Lipinski definition) is 5. The Morgan fingerprint density at radius 3 is 2.02 bits per heavy atom. The second-order valence-electron chi connectivity index (χ2n) is 10.4. The van der Waals surface area contributed by atoms with Gasteiger partial charge in [-0.1, -0.05) is 0 Å². The molecule has 8 rings (SSSR count). The van der Waals surface area contributed by atoms with E-state index in [1.807, 2.05) is 36.4 Å². The molecule has 9 heteroatoms. The molecular weight excluding hydrogens is 801 g/mol. The van der Waals surface area contributed by atoms with Gasteiger partial charge in [-0.3, -0.25) is 0 Å². The Morgan fingerprint density at radius 1 is 0.689 bits per heavy atom. The minimum absolute atomic E-state index is 0.182. The van der Waals surface area contributed by atoms with Crippen molar-refractivity contribution in [1.82, 2.24) is 19.5 Å². The van der Waals surface area contributed by atoms with Gasteiger partial charge in [-0.2, -0.15) is 10.5 Å². The molecule has 7 aromatic rings. The van der Waals surface area contributed by atoms with E-state index in [9.17, 15) is 10.5 Å². The van der Waals surface area contributed by atoms with E-state index in [1.165, 1.54) is 18.3 Å². The first-order chi connectivity index (χ1) is 22.0. The summed E-state index contributed by atoms with van der Waals surface area (Å²) >= 11 is -0.795. The average molecular weight is 821 g/mol. The fourth-order valence-electron chi connectivity index (χ4n) is 5.92. The van der Waals surface area contributed by atoms with Crippen LogP contribution in [-0.2, 0) is 0 Å². The molecule has 0 radical (unpaired) electrons. The van der Waals surface area contributed by atoms with Gasteiger partial charge < -0.3 is 0 Å². The topological polar surface area (TPSA) is 91.2 Å². The van der Waals surface area contributed by atoms with Crippen LogP contribution in [0.3, 0.4) is 0 Å². The molecule has 0 amide bonds. The van der Waals surface area contributed by atoms with E-state index in [-0.39, 0.29) is 21.2 Å². The Bertz CT molecular complexity index is 2420. The number of aromatic nitrogens is 4. The van der Waals surface area contributed by atoms with E-state index in [0.717, 1.165) is 48.0 Å². The van der Waals surface area contributed by atoms with Crippen molar-refractivity contribution in [1.29, 1.82) is 10.5 Å². The molecule has 0 N–H and O–H groups in total. The fraction of sp³-hybridized carbons (Fsp3) is 0. The molecule has 0 aliphatic carbocycles. The average Bonchev–Trinajstić information content (AvgIpc) is 3.62. The number of nitrogens with zero attached hydrogens (tertiary/aromatic N) is 6. The van der Waals surface area contributed by atoms with Crippen molar-refractivity contribution in [2.24, 2.45) is 0 Å². The summed E-state index contributed by atoms with van der Waals surface area (Å²) < 4.78 is 9.94. The van der Waals surface area contributed by atoms with Gasteiger partial charge in [0.1, 0.15) is 0 Å². The zero-order valence-electron chi connectivity index (χ0n) is 23.5. The number of rotatable bonds is 4. The zero-order valence-corrected chi connectivity index (χ0v) is 28.9. The number of benzene rings is 5. The third-order valence-electron chi connectivity index (χ3n) is 7.91. The van der Waals surface area contributed by atoms with E-state index < -0.39 is 20.7 Å². The Hall–Kier alpha value is -4.35. The maximum atomic E-state index is 9.68. The molecule has 3 heterocycles. The van der Waals surface area contributed by atoms with Crippen molar-refractivity contribution < 1.29 is 21.2 Å². The van der Waals surface area contributed by atoms with Crippen LogP contribution in [0.15, 0.2) is 97.1 Å². The first-order valence-corrected chi connectivity index (χ1v) is 19.2. The van der Waals surface area contributed by atoms with Gasteiger partial charge in [0.05, 0.1) is 23.3 Å². The Morgan fingerprint density at radius 2 is 1.33 bits per heavy atom. The summed E-state index contributed by atoms with van der Waals surface area (Å²) in [6.45, 7) is 0. The normalized spacial score (nSPS) is 11.9. The van der Waals surface area contributed by atoms with Gasteiger partial charge >= 0.3 is 250 Å². The molecule has 0 saturated heterocycles. The molecule has 0 saturated carbocycles. The van der Waals surface area contributed by atoms with E-state index in [4.69, 9.17) is 9.97 Å². The SMILES string of the molecule is C=Ic1nc(P)nc(-c2cc(-c3ccc4c(c3)-c3ccccc3[I-]4)ccc2-n2c3ccc(C#N)cc3c3cc(C#N)ccc32)n1. The van der Waals surface area contributed by atoms with E-state index in [0.29, 0.717) is 22.5 Å². The maximum absolute atomic E-state index is 9.68. The summed E-state index contributed by atoms with van der Waals surface area (Å²) in [6.07, 6.45) is 0. The van der Waals surface area contributed by atoms with Crippen molar-refractivity contribution in [3.05, 3.63) is 119 Å². The summed E-state index contributed by atoms with van der Waals surface area (Å²) in [4.78, 5) is 14.2. The molecule has 2 aromatic heterocycles. The van der Waals surface area contributed by atoms with Crippen molar-refractivity contribution in [3.8, 4) is 51.5 Å². The van der Waals surface area contributed by atoms with Crippen molar-refractivity contribution in [3.63, 3.8) is 0 Å². The van der Waals surface area contributed by atoms with Gasteiger partial charge in [-0.15, -0.1) is 0 Å². The van der Waals surface area contributed by atoms with E-state index in [2.05, 4.69) is 96.1 Å². The van der Waals surface area contributed by atoms with Gasteiger partial charge in [-0.25, -0.2) is 0 Å². The molecule has 0 bridgehead atoms. The number of fused-ring (bicyclic) bond motifs is 6. The molecule has 0 fully saturated rings. The standard InChI is InChI=1S/C36H20I2N6P/c1-37-35-41-34(42-36(45)43-35)28-17-23(22-8-10-30-25(16-22)24-4-2-3-5-29(24)38-30)9-13-33(28)44-31-11-6-20(18-39)14-26(31)27-15-21(19-40)7-12-32(27)44/h2-17H,1,45H2/q-1. The molecule has 1 aliphatic rings. The van der Waals surface area contributed by atoms with Crippen LogP contribution in [0.25, 0.3) is 61.1 Å². The van der Waals surface area contributed by atoms with Crippen LogP contribution in [0.1, 0.15) is 11.1 Å². The van der Waals surface area contributed by atoms with Crippen LogP contribution < -0.4 is 26.8 Å². The predicted octanol–water partition coefficient (Wildman–Crippen LogP) is 4.23. The fourth-order valence-corrected chi connectivity index (χ4v) is 10.1. The molecule has 0 spiro atoms. The molecular formula is C36H20I2N6P-. The second kappa shape index (κ2) is 11.2. The van der Waals surface area contributed by atoms with Gasteiger partial charge in [0, 0.05) is 0 Å². The molecule has 5 aromatic carbocycles. The summed E-state index contributed by atoms with van der Waals surface area (Å²) in [5.41, 5.74) is 10.2. The van der Waals surface area contributed by atoms with Crippen LogP contribution in [0, 0.1) is 33.6 Å². The first-order valence-electron chi connectivity index (χ1n) is 13.9. The van der Waals surface area contributed by atoms with Crippen LogP contribution in [0.4, 0.5) is 0 Å². The molecule has 45 heavy (non-hydrogen) atoms. The summed E-state index contributed by atoms with van der Waals surface area (Å²) in [5.74, 6) is 0.583. The Kier molecular flexibility index (Phi) is 7.02. The van der Waals surface area contributed by atoms with Crippen LogP contribution in [-0.4, -0.2) is 24.0 Å². The summed E-state index contributed by atoms with van der Waals surface area (Å²) in [5, 5.41) is 21.2. The quantitative estimate of drug-likeness (QED) is 0.196. The Labute approximate surface area is 281 Å². The second-order valence-corrected chi connectivity index (χ2v) is 15.6. The molecule has 214 valence electrons. The van der Waals surface area contributed by atoms with E-state index in [1.54, 1.807) is 0 Å². The van der Waals surface area contributed by atoms with Gasteiger partial charge in [0.25, 0.3) is 0 Å². The Balaban J connectivity index is 1.41. The van der Waals surface area contributed by atoms with Crippen LogP contribution in [0.2, 0.25) is 0 Å². The summed E-state index contributed by atoms with van der Waals surface area (Å²) in [6, 6.07) is 37.9. The number of halogens is 2. The number of hydrogen-bond donors (Lipinski definition) is 0. The van der Waals surface area contributed by atoms with Gasteiger partial charge in [0.15, 0.2) is 0 Å². The van der Waals surface area contributed by atoms with Crippen molar-refractivity contribution >= 4 is 61.9 Å². The molecule has 6 nitrogen and oxygen atoms in total. The van der Waals surface area contributed by atoms with Crippen molar-refractivity contribution in [2.75, 3.05) is 0 Å². The van der Waals surface area contributed by atoms with Crippen molar-refractivity contribution in [2.45, 2.75) is 0 Å². The molecule has 1 atom stereocenters. The monoisotopic (exact) mass is 821 g/mol. The minimum atomic E-state index is -0.613. The molecule has 1 aliphatic heterocycles. The first kappa shape index (κ1) is 28.1.